The Bertz CT molecular complexity index is 361. The molecule has 6 nitrogen and oxygen atoms in total. The zero-order chi connectivity index (χ0) is 15.1. The van der Waals surface area contributed by atoms with Crippen molar-refractivity contribution in [3.8, 4) is 0 Å². The largest absolute Gasteiger partial charge is 0.481 e. The Labute approximate surface area is 113 Å². The third kappa shape index (κ3) is 6.21. The lowest BCUT2D eigenvalue weighted by Gasteiger charge is -2.27. The molecule has 0 saturated heterocycles. The van der Waals surface area contributed by atoms with E-state index in [9.17, 15) is 19.0 Å². The van der Waals surface area contributed by atoms with Gasteiger partial charge in [-0.25, -0.2) is 0 Å². The molecule has 2 atom stereocenters. The van der Waals surface area contributed by atoms with Crippen molar-refractivity contribution in [3.05, 3.63) is 0 Å². The molecule has 0 aliphatic heterocycles. The van der Waals surface area contributed by atoms with E-state index in [1.54, 1.807) is 0 Å². The average molecular weight is 294 g/mol. The normalized spacial score (nSPS) is 17.4. The fourth-order valence-electron chi connectivity index (χ4n) is 1.77. The predicted octanol–water partition coefficient (Wildman–Crippen LogP) is 2.55. The van der Waals surface area contributed by atoms with Gasteiger partial charge in [0.05, 0.1) is 0 Å². The number of hydrogen-bond donors (Lipinski definition) is 3. The van der Waals surface area contributed by atoms with E-state index in [-0.39, 0.29) is 12.8 Å². The van der Waals surface area contributed by atoms with Crippen LogP contribution >= 0.6 is 7.37 Å². The van der Waals surface area contributed by atoms with Crippen LogP contribution in [0.2, 0.25) is 0 Å². The molecule has 112 valence electrons. The van der Waals surface area contributed by atoms with Crippen LogP contribution in [0.25, 0.3) is 0 Å². The van der Waals surface area contributed by atoms with E-state index in [4.69, 9.17) is 10.2 Å². The lowest BCUT2D eigenvalue weighted by molar-refractivity contribution is -0.140. The van der Waals surface area contributed by atoms with Gasteiger partial charge in [-0.1, -0.05) is 25.7 Å². The highest BCUT2D eigenvalue weighted by atomic mass is 31.2. The topological polar surface area (TPSA) is 112 Å². The van der Waals surface area contributed by atoms with Crippen LogP contribution in [-0.2, 0) is 14.2 Å². The molecule has 7 heteroatoms. The number of carbonyl (C=O) groups is 2. The molecular weight excluding hydrogens is 271 g/mol. The Hall–Kier alpha value is -0.870. The molecule has 2 unspecified atom stereocenters. The minimum Gasteiger partial charge on any atom is -0.481 e. The number of carboxylic acids is 2. The molecule has 19 heavy (non-hydrogen) atoms. The number of rotatable bonds is 10. The predicted molar refractivity (Wildman–Crippen MR) is 71.7 cm³/mol. The van der Waals surface area contributed by atoms with Crippen LogP contribution in [0.5, 0.6) is 0 Å². The number of hydrogen-bond acceptors (Lipinski definition) is 3. The first kappa shape index (κ1) is 18.1. The van der Waals surface area contributed by atoms with Crippen molar-refractivity contribution >= 4 is 19.3 Å². The molecule has 0 aromatic rings. The van der Waals surface area contributed by atoms with Gasteiger partial charge in [0.25, 0.3) is 0 Å². The molecule has 0 saturated carbocycles. The van der Waals surface area contributed by atoms with E-state index in [1.165, 1.54) is 6.92 Å². The Morgan fingerprint density at radius 1 is 1.05 bits per heavy atom. The van der Waals surface area contributed by atoms with Crippen molar-refractivity contribution < 1.29 is 29.3 Å². The second kappa shape index (κ2) is 7.65. The van der Waals surface area contributed by atoms with Crippen LogP contribution in [0.4, 0.5) is 0 Å². The maximum atomic E-state index is 11.6. The van der Waals surface area contributed by atoms with Crippen LogP contribution in [0.15, 0.2) is 0 Å². The van der Waals surface area contributed by atoms with E-state index in [0.29, 0.717) is 12.8 Å². The van der Waals surface area contributed by atoms with Gasteiger partial charge in [0.2, 0.25) is 7.37 Å². The van der Waals surface area contributed by atoms with E-state index < -0.39 is 24.5 Å². The molecule has 0 heterocycles. The molecule has 0 radical (unpaired) electrons. The Kier molecular flexibility index (Phi) is 7.30. The summed E-state index contributed by atoms with van der Waals surface area (Å²) in [5, 5.41) is 15.9. The summed E-state index contributed by atoms with van der Waals surface area (Å²) in [4.78, 5) is 30.9. The lowest BCUT2D eigenvalue weighted by Crippen LogP contribution is -2.34. The van der Waals surface area contributed by atoms with Gasteiger partial charge in [-0.05, 0) is 19.8 Å². The number of unbranched alkanes of at least 4 members (excludes halogenated alkanes) is 4. The minimum absolute atomic E-state index is 0.146. The summed E-state index contributed by atoms with van der Waals surface area (Å²) in [5.41, 5.74) is 0. The van der Waals surface area contributed by atoms with Gasteiger partial charge < -0.3 is 15.1 Å². The third-order valence-corrected chi connectivity index (χ3v) is 5.68. The molecule has 0 amide bonds. The molecule has 0 rings (SSSR count). The highest BCUT2D eigenvalue weighted by Gasteiger charge is 2.46. The van der Waals surface area contributed by atoms with Gasteiger partial charge in [0, 0.05) is 13.1 Å². The van der Waals surface area contributed by atoms with Gasteiger partial charge in [-0.15, -0.1) is 0 Å². The molecule has 0 aromatic heterocycles. The second-order valence-electron chi connectivity index (χ2n) is 5.12. The molecular formula is C12H23O6P. The molecule has 0 aliphatic rings. The van der Waals surface area contributed by atoms with Crippen molar-refractivity contribution in [1.82, 2.24) is 0 Å². The standard InChI is InChI=1S/C12H23O6P/c1-12(11(15)16,19(2,17)18)9-7-5-3-4-6-8-10(13)14/h3-9H2,1-2H3,(H,13,14)(H,15,16)(H,17,18). The summed E-state index contributed by atoms with van der Waals surface area (Å²) < 4.78 is 11.6. The van der Waals surface area contributed by atoms with Gasteiger partial charge in [-0.3, -0.25) is 14.2 Å². The van der Waals surface area contributed by atoms with Crippen LogP contribution < -0.4 is 0 Å². The fourth-order valence-corrected chi connectivity index (χ4v) is 2.70. The molecule has 0 fully saturated rings. The summed E-state index contributed by atoms with van der Waals surface area (Å²) in [6.45, 7) is 2.38. The minimum atomic E-state index is -3.70. The van der Waals surface area contributed by atoms with Crippen molar-refractivity contribution in [3.63, 3.8) is 0 Å². The molecule has 0 bridgehead atoms. The highest BCUT2D eigenvalue weighted by Crippen LogP contribution is 2.53. The Morgan fingerprint density at radius 3 is 1.95 bits per heavy atom. The maximum Gasteiger partial charge on any atom is 0.319 e. The van der Waals surface area contributed by atoms with Crippen molar-refractivity contribution in [2.45, 2.75) is 57.0 Å². The first-order chi connectivity index (χ1) is 8.61. The monoisotopic (exact) mass is 294 g/mol. The first-order valence-corrected chi connectivity index (χ1v) is 8.47. The third-order valence-electron chi connectivity index (χ3n) is 3.43. The van der Waals surface area contributed by atoms with E-state index >= 15 is 0 Å². The van der Waals surface area contributed by atoms with Crippen molar-refractivity contribution in [2.24, 2.45) is 0 Å². The van der Waals surface area contributed by atoms with Crippen LogP contribution in [-0.4, -0.2) is 38.9 Å². The maximum absolute atomic E-state index is 11.6. The van der Waals surface area contributed by atoms with Gasteiger partial charge in [0.1, 0.15) is 5.16 Å². The van der Waals surface area contributed by atoms with E-state index in [1.807, 2.05) is 0 Å². The van der Waals surface area contributed by atoms with Crippen molar-refractivity contribution in [1.29, 1.82) is 0 Å². The van der Waals surface area contributed by atoms with Crippen molar-refractivity contribution in [2.75, 3.05) is 6.66 Å². The van der Waals surface area contributed by atoms with Crippen LogP contribution in [0.3, 0.4) is 0 Å². The van der Waals surface area contributed by atoms with Crippen LogP contribution in [0, 0.1) is 0 Å². The fraction of sp³-hybridized carbons (Fsp3) is 0.833. The molecule has 0 aliphatic carbocycles. The second-order valence-corrected chi connectivity index (χ2v) is 7.86. The SMILES string of the molecule is CC(CCCCCCCC(=O)O)(C(=O)O)P(C)(=O)O. The van der Waals surface area contributed by atoms with Crippen LogP contribution in [0.1, 0.15) is 51.9 Å². The Morgan fingerprint density at radius 2 is 1.53 bits per heavy atom. The Balaban J connectivity index is 4.01. The van der Waals surface area contributed by atoms with E-state index in [2.05, 4.69) is 0 Å². The van der Waals surface area contributed by atoms with Gasteiger partial charge in [-0.2, -0.15) is 0 Å². The molecule has 0 aromatic carbocycles. The quantitative estimate of drug-likeness (QED) is 0.421. The summed E-state index contributed by atoms with van der Waals surface area (Å²) in [5.74, 6) is -2.06. The zero-order valence-corrected chi connectivity index (χ0v) is 12.4. The van der Waals surface area contributed by atoms with E-state index in [0.717, 1.165) is 25.9 Å². The molecule has 3 N–H and O–H groups in total. The highest BCUT2D eigenvalue weighted by molar-refractivity contribution is 7.60. The first-order valence-electron chi connectivity index (χ1n) is 6.37. The average Bonchev–Trinajstić information content (AvgIpc) is 2.25. The molecule has 0 spiro atoms. The number of aliphatic carboxylic acids is 2. The summed E-state index contributed by atoms with van der Waals surface area (Å²) in [6.07, 6.45) is 3.79. The zero-order valence-electron chi connectivity index (χ0n) is 11.5. The lowest BCUT2D eigenvalue weighted by atomic mass is 10.0. The summed E-state index contributed by atoms with van der Waals surface area (Å²) >= 11 is 0. The number of carboxylic acid groups (broad SMARTS) is 2. The van der Waals surface area contributed by atoms with Gasteiger partial charge >= 0.3 is 11.9 Å². The smallest absolute Gasteiger partial charge is 0.319 e. The summed E-state index contributed by atoms with van der Waals surface area (Å²) in [6, 6.07) is 0. The van der Waals surface area contributed by atoms with Gasteiger partial charge in [0.15, 0.2) is 0 Å². The summed E-state index contributed by atoms with van der Waals surface area (Å²) in [7, 11) is -3.70.